The third-order valence-corrected chi connectivity index (χ3v) is 5.13. The lowest BCUT2D eigenvalue weighted by Crippen LogP contribution is -2.50. The van der Waals surface area contributed by atoms with Crippen LogP contribution in [0, 0.1) is 0 Å². The number of rotatable bonds is 12. The highest BCUT2D eigenvalue weighted by Gasteiger charge is 2.25. The number of carbonyl (C=O) groups excluding carboxylic acids is 2. The predicted molar refractivity (Wildman–Crippen MR) is 135 cm³/mol. The van der Waals surface area contributed by atoms with Gasteiger partial charge in [0.2, 0.25) is 5.91 Å². The molecule has 3 aromatic rings. The summed E-state index contributed by atoms with van der Waals surface area (Å²) in [6, 6.07) is 13.7. The Labute approximate surface area is 210 Å². The predicted octanol–water partition coefficient (Wildman–Crippen LogP) is 0.742. The number of nitrogens with zero attached hydrogens (tertiary/aromatic N) is 4. The fourth-order valence-corrected chi connectivity index (χ4v) is 3.50. The lowest BCUT2D eigenvalue weighted by molar-refractivity contribution is -0.139. The van der Waals surface area contributed by atoms with Crippen LogP contribution in [0.4, 0.5) is 0 Å². The van der Waals surface area contributed by atoms with E-state index in [4.69, 9.17) is 5.11 Å². The van der Waals surface area contributed by atoms with E-state index in [2.05, 4.69) is 30.5 Å². The van der Waals surface area contributed by atoms with Gasteiger partial charge in [-0.15, -0.1) is 0 Å². The summed E-state index contributed by atoms with van der Waals surface area (Å²) >= 11 is 0. The number of hydrogen-bond donors (Lipinski definition) is 3. The molecule has 2 amide bonds. The van der Waals surface area contributed by atoms with E-state index in [9.17, 15) is 14.4 Å². The van der Waals surface area contributed by atoms with Crippen molar-refractivity contribution in [1.29, 1.82) is 0 Å². The second-order valence-electron chi connectivity index (χ2n) is 8.61. The first-order valence-electron chi connectivity index (χ1n) is 11.6. The molecule has 3 heterocycles. The van der Waals surface area contributed by atoms with Gasteiger partial charge in [0.25, 0.3) is 5.91 Å². The second-order valence-corrected chi connectivity index (χ2v) is 8.61. The number of carboxylic acid groups (broad SMARTS) is 1. The number of nitrogens with one attached hydrogen (secondary N) is 2. The summed E-state index contributed by atoms with van der Waals surface area (Å²) in [5, 5.41) is 14.2. The maximum Gasteiger partial charge on any atom is 0.305 e. The molecule has 3 aromatic heterocycles. The molecule has 11 heteroatoms. The standard InChI is InChI=1S/C25H29BN6O4/c1-17(26)30-25(36)22(12-23(33)34)31-24(35)18-8-9-21(29-13-18)16-32(14-19-6-2-4-10-27-19)15-20-7-3-5-11-28-20/h2-11,13,17,22H,12,14-16,26H2,1H3,(H,30,36)(H,31,35)(H,33,34)/t17-,22?/m1/s1. The van der Waals surface area contributed by atoms with Crippen molar-refractivity contribution in [2.24, 2.45) is 0 Å². The highest BCUT2D eigenvalue weighted by Crippen LogP contribution is 2.12. The normalized spacial score (nSPS) is 12.5. The summed E-state index contributed by atoms with van der Waals surface area (Å²) in [7, 11) is 1.76. The Kier molecular flexibility index (Phi) is 9.64. The number of amides is 2. The molecule has 0 bridgehead atoms. The third kappa shape index (κ3) is 8.59. The number of carboxylic acids is 1. The Morgan fingerprint density at radius 1 is 0.889 bits per heavy atom. The highest BCUT2D eigenvalue weighted by atomic mass is 16.4. The van der Waals surface area contributed by atoms with Crippen LogP contribution in [0.2, 0.25) is 0 Å². The Hall–Kier alpha value is -4.12. The van der Waals surface area contributed by atoms with Crippen molar-refractivity contribution in [3.05, 3.63) is 89.8 Å². The maximum absolute atomic E-state index is 12.7. The summed E-state index contributed by atoms with van der Waals surface area (Å²) < 4.78 is 0. The number of aliphatic carboxylic acids is 1. The molecule has 0 radical (unpaired) electrons. The van der Waals surface area contributed by atoms with Crippen molar-refractivity contribution >= 4 is 25.6 Å². The fourth-order valence-electron chi connectivity index (χ4n) is 3.50. The molecule has 0 fully saturated rings. The molecule has 2 atom stereocenters. The molecule has 0 spiro atoms. The second kappa shape index (κ2) is 13.1. The molecule has 10 nitrogen and oxygen atoms in total. The Morgan fingerprint density at radius 3 is 1.92 bits per heavy atom. The lowest BCUT2D eigenvalue weighted by Gasteiger charge is -2.21. The average molecular weight is 488 g/mol. The first-order chi connectivity index (χ1) is 17.3. The van der Waals surface area contributed by atoms with Crippen LogP contribution in [-0.4, -0.2) is 62.6 Å². The summed E-state index contributed by atoms with van der Waals surface area (Å²) in [6.45, 7) is 3.42. The van der Waals surface area contributed by atoms with E-state index in [1.165, 1.54) is 6.20 Å². The van der Waals surface area contributed by atoms with Gasteiger partial charge in [-0.3, -0.25) is 34.2 Å². The largest absolute Gasteiger partial charge is 0.481 e. The molecule has 0 aliphatic rings. The van der Waals surface area contributed by atoms with E-state index < -0.39 is 30.2 Å². The molecule has 0 saturated carbocycles. The zero-order chi connectivity index (χ0) is 25.9. The van der Waals surface area contributed by atoms with Gasteiger partial charge in [0.15, 0.2) is 0 Å². The Morgan fingerprint density at radius 2 is 1.47 bits per heavy atom. The van der Waals surface area contributed by atoms with Crippen molar-refractivity contribution in [2.75, 3.05) is 0 Å². The quantitative estimate of drug-likeness (QED) is 0.318. The minimum atomic E-state index is -1.19. The molecule has 186 valence electrons. The summed E-state index contributed by atoms with van der Waals surface area (Å²) in [5.74, 6) is -2.50. The maximum atomic E-state index is 12.7. The molecule has 0 aromatic carbocycles. The summed E-state index contributed by atoms with van der Waals surface area (Å²) in [4.78, 5) is 51.6. The van der Waals surface area contributed by atoms with E-state index in [0.717, 1.165) is 17.1 Å². The molecule has 0 saturated heterocycles. The zero-order valence-corrected chi connectivity index (χ0v) is 20.3. The van der Waals surface area contributed by atoms with Crippen LogP contribution in [0.1, 0.15) is 40.8 Å². The highest BCUT2D eigenvalue weighted by molar-refractivity contribution is 6.13. The topological polar surface area (TPSA) is 137 Å². The van der Waals surface area contributed by atoms with Crippen LogP contribution in [-0.2, 0) is 29.2 Å². The van der Waals surface area contributed by atoms with Crippen LogP contribution in [0.25, 0.3) is 0 Å². The van der Waals surface area contributed by atoms with Gasteiger partial charge in [-0.2, -0.15) is 0 Å². The van der Waals surface area contributed by atoms with Gasteiger partial charge in [0, 0.05) is 38.2 Å². The molecule has 36 heavy (non-hydrogen) atoms. The van der Waals surface area contributed by atoms with E-state index in [1.807, 2.05) is 36.4 Å². The first-order valence-corrected chi connectivity index (χ1v) is 11.6. The van der Waals surface area contributed by atoms with Crippen molar-refractivity contribution in [3.63, 3.8) is 0 Å². The van der Waals surface area contributed by atoms with Gasteiger partial charge in [0.05, 0.1) is 29.1 Å². The number of carbonyl (C=O) groups is 3. The van der Waals surface area contributed by atoms with Crippen LogP contribution in [0.5, 0.6) is 0 Å². The van der Waals surface area contributed by atoms with Crippen molar-refractivity contribution in [1.82, 2.24) is 30.5 Å². The molecule has 3 N–H and O–H groups in total. The van der Waals surface area contributed by atoms with Crippen molar-refractivity contribution in [2.45, 2.75) is 45.0 Å². The molecular weight excluding hydrogens is 459 g/mol. The van der Waals surface area contributed by atoms with Crippen molar-refractivity contribution < 1.29 is 19.5 Å². The fraction of sp³-hybridized carbons (Fsp3) is 0.280. The molecule has 1 unspecified atom stereocenters. The van der Waals surface area contributed by atoms with E-state index in [0.29, 0.717) is 19.6 Å². The van der Waals surface area contributed by atoms with E-state index in [-0.39, 0.29) is 11.5 Å². The monoisotopic (exact) mass is 488 g/mol. The minimum absolute atomic E-state index is 0.188. The smallest absolute Gasteiger partial charge is 0.305 e. The first kappa shape index (κ1) is 26.5. The van der Waals surface area contributed by atoms with E-state index in [1.54, 1.807) is 39.3 Å². The van der Waals surface area contributed by atoms with Gasteiger partial charge in [-0.05, 0) is 42.3 Å². The summed E-state index contributed by atoms with van der Waals surface area (Å²) in [6.07, 6.45) is 4.40. The van der Waals surface area contributed by atoms with E-state index >= 15 is 0 Å². The number of hydrogen-bond acceptors (Lipinski definition) is 7. The number of aromatic nitrogens is 3. The van der Waals surface area contributed by atoms with Gasteiger partial charge in [0.1, 0.15) is 13.9 Å². The molecule has 3 rings (SSSR count). The van der Waals surface area contributed by atoms with Gasteiger partial charge in [-0.25, -0.2) is 0 Å². The Bertz CT molecular complexity index is 1100. The van der Waals surface area contributed by atoms with Crippen molar-refractivity contribution in [3.8, 4) is 0 Å². The van der Waals surface area contributed by atoms with Gasteiger partial charge >= 0.3 is 5.97 Å². The Balaban J connectivity index is 1.69. The van der Waals surface area contributed by atoms with Gasteiger partial charge < -0.3 is 15.7 Å². The minimum Gasteiger partial charge on any atom is -0.481 e. The van der Waals surface area contributed by atoms with Crippen LogP contribution in [0.3, 0.4) is 0 Å². The zero-order valence-electron chi connectivity index (χ0n) is 20.3. The molecule has 0 aliphatic carbocycles. The average Bonchev–Trinajstić information content (AvgIpc) is 2.84. The van der Waals surface area contributed by atoms with Gasteiger partial charge in [-0.1, -0.05) is 19.1 Å². The SMILES string of the molecule is B[C@@H](C)NC(=O)C(CC(=O)O)NC(=O)c1ccc(CN(Cc2ccccn2)Cc2ccccn2)nc1. The molecule has 0 aliphatic heterocycles. The van der Waals surface area contributed by atoms with Crippen LogP contribution >= 0.6 is 0 Å². The number of pyridine rings is 3. The summed E-state index contributed by atoms with van der Waals surface area (Å²) in [5.41, 5.74) is 2.78. The third-order valence-electron chi connectivity index (χ3n) is 5.13. The van der Waals surface area contributed by atoms with Crippen LogP contribution < -0.4 is 10.6 Å². The van der Waals surface area contributed by atoms with Crippen LogP contribution in [0.15, 0.2) is 67.1 Å². The lowest BCUT2D eigenvalue weighted by atomic mass is 9.98. The molecular formula is C25H29BN6O4.